The first-order chi connectivity index (χ1) is 11.1. The van der Waals surface area contributed by atoms with Gasteiger partial charge in [0.15, 0.2) is 0 Å². The van der Waals surface area contributed by atoms with Gasteiger partial charge in [-0.05, 0) is 25.3 Å². The molecule has 0 aliphatic heterocycles. The highest BCUT2D eigenvalue weighted by Crippen LogP contribution is 2.14. The molecule has 0 unspecified atom stereocenters. The highest BCUT2D eigenvalue weighted by atomic mass is 32.2. The van der Waals surface area contributed by atoms with Crippen molar-refractivity contribution in [1.29, 1.82) is 0 Å². The zero-order valence-electron chi connectivity index (χ0n) is 14.4. The highest BCUT2D eigenvalue weighted by Gasteiger charge is 2.19. The number of hydrogen-bond acceptors (Lipinski definition) is 3. The molecular formula is C18H28N2O2S. The summed E-state index contributed by atoms with van der Waals surface area (Å²) in [7, 11) is 0. The SMILES string of the molecule is CCCNC(=O)[C@@H](CSCc1ccc(C)cc1)NC(=O)CCC. The average Bonchev–Trinajstić information content (AvgIpc) is 2.53. The molecular weight excluding hydrogens is 308 g/mol. The van der Waals surface area contributed by atoms with E-state index in [9.17, 15) is 9.59 Å². The van der Waals surface area contributed by atoms with E-state index in [1.807, 2.05) is 13.8 Å². The van der Waals surface area contributed by atoms with E-state index in [1.165, 1.54) is 11.1 Å². The van der Waals surface area contributed by atoms with E-state index in [4.69, 9.17) is 0 Å². The Hall–Kier alpha value is -1.49. The van der Waals surface area contributed by atoms with Gasteiger partial charge in [0.2, 0.25) is 11.8 Å². The summed E-state index contributed by atoms with van der Waals surface area (Å²) in [6.07, 6.45) is 2.13. The lowest BCUT2D eigenvalue weighted by atomic mass is 10.2. The third-order valence-corrected chi connectivity index (χ3v) is 4.46. The lowest BCUT2D eigenvalue weighted by Crippen LogP contribution is -2.48. The van der Waals surface area contributed by atoms with Crippen LogP contribution in [-0.2, 0) is 15.3 Å². The van der Waals surface area contributed by atoms with Crippen molar-refractivity contribution in [3.8, 4) is 0 Å². The summed E-state index contributed by atoms with van der Waals surface area (Å²) in [5.74, 6) is 1.27. The molecule has 0 saturated carbocycles. The van der Waals surface area contributed by atoms with E-state index in [0.717, 1.165) is 18.6 Å². The van der Waals surface area contributed by atoms with E-state index < -0.39 is 6.04 Å². The van der Waals surface area contributed by atoms with E-state index >= 15 is 0 Å². The Bertz CT molecular complexity index is 488. The van der Waals surface area contributed by atoms with Gasteiger partial charge >= 0.3 is 0 Å². The number of rotatable bonds is 10. The van der Waals surface area contributed by atoms with Crippen LogP contribution in [0, 0.1) is 6.92 Å². The van der Waals surface area contributed by atoms with Crippen LogP contribution >= 0.6 is 11.8 Å². The van der Waals surface area contributed by atoms with Crippen molar-refractivity contribution in [2.75, 3.05) is 12.3 Å². The Morgan fingerprint density at radius 3 is 2.43 bits per heavy atom. The minimum atomic E-state index is -0.462. The third kappa shape index (κ3) is 8.07. The summed E-state index contributed by atoms with van der Waals surface area (Å²) in [5, 5.41) is 5.72. The molecule has 0 saturated heterocycles. The third-order valence-electron chi connectivity index (χ3n) is 3.35. The van der Waals surface area contributed by atoms with Gasteiger partial charge in [0.25, 0.3) is 0 Å². The Morgan fingerprint density at radius 2 is 1.83 bits per heavy atom. The second kappa shape index (κ2) is 11.1. The zero-order chi connectivity index (χ0) is 17.1. The molecule has 23 heavy (non-hydrogen) atoms. The minimum Gasteiger partial charge on any atom is -0.354 e. The van der Waals surface area contributed by atoms with Crippen LogP contribution in [0.15, 0.2) is 24.3 Å². The van der Waals surface area contributed by atoms with Crippen LogP contribution in [0.3, 0.4) is 0 Å². The fraction of sp³-hybridized carbons (Fsp3) is 0.556. The summed E-state index contributed by atoms with van der Waals surface area (Å²) in [5.41, 5.74) is 2.47. The second-order valence-electron chi connectivity index (χ2n) is 5.66. The van der Waals surface area contributed by atoms with Gasteiger partial charge < -0.3 is 10.6 Å². The fourth-order valence-electron chi connectivity index (χ4n) is 2.03. The van der Waals surface area contributed by atoms with Gasteiger partial charge in [-0.3, -0.25) is 9.59 Å². The van der Waals surface area contributed by atoms with E-state index in [-0.39, 0.29) is 11.8 Å². The quantitative estimate of drug-likeness (QED) is 0.690. The summed E-state index contributed by atoms with van der Waals surface area (Å²) < 4.78 is 0. The van der Waals surface area contributed by atoms with Crippen molar-refractivity contribution in [3.63, 3.8) is 0 Å². The Morgan fingerprint density at radius 1 is 1.13 bits per heavy atom. The van der Waals surface area contributed by atoms with Crippen molar-refractivity contribution in [2.45, 2.75) is 51.8 Å². The number of benzene rings is 1. The molecule has 1 atom stereocenters. The average molecular weight is 337 g/mol. The normalized spacial score (nSPS) is 11.8. The standard InChI is InChI=1S/C18H28N2O2S/c1-4-6-17(21)20-16(18(22)19-11-5-2)13-23-12-15-9-7-14(3)8-10-15/h7-10,16H,4-6,11-13H2,1-3H3,(H,19,22)(H,20,21)/t16-/m1/s1. The Kier molecular flexibility index (Phi) is 9.45. The molecule has 2 N–H and O–H groups in total. The van der Waals surface area contributed by atoms with Gasteiger partial charge in [-0.25, -0.2) is 0 Å². The van der Waals surface area contributed by atoms with Gasteiger partial charge in [-0.1, -0.05) is 43.7 Å². The summed E-state index contributed by atoms with van der Waals surface area (Å²) in [6.45, 7) is 6.67. The van der Waals surface area contributed by atoms with Gasteiger partial charge in [0, 0.05) is 24.5 Å². The molecule has 128 valence electrons. The predicted octanol–water partition coefficient (Wildman–Crippen LogP) is 3.04. The summed E-state index contributed by atoms with van der Waals surface area (Å²) >= 11 is 1.67. The van der Waals surface area contributed by atoms with Crippen LogP contribution in [0.25, 0.3) is 0 Å². The highest BCUT2D eigenvalue weighted by molar-refractivity contribution is 7.98. The van der Waals surface area contributed by atoms with Crippen LogP contribution < -0.4 is 10.6 Å². The van der Waals surface area contributed by atoms with Crippen LogP contribution in [0.1, 0.15) is 44.2 Å². The largest absolute Gasteiger partial charge is 0.354 e. The fourth-order valence-corrected chi connectivity index (χ4v) is 3.04. The van der Waals surface area contributed by atoms with Crippen molar-refractivity contribution < 1.29 is 9.59 Å². The number of aryl methyl sites for hydroxylation is 1. The molecule has 5 heteroatoms. The van der Waals surface area contributed by atoms with E-state index in [1.54, 1.807) is 11.8 Å². The molecule has 0 radical (unpaired) electrons. The van der Waals surface area contributed by atoms with Crippen molar-refractivity contribution in [2.24, 2.45) is 0 Å². The number of amides is 2. The van der Waals surface area contributed by atoms with Crippen molar-refractivity contribution >= 4 is 23.6 Å². The number of hydrogen-bond donors (Lipinski definition) is 2. The molecule has 0 fully saturated rings. The molecule has 1 rings (SSSR count). The monoisotopic (exact) mass is 336 g/mol. The Balaban J connectivity index is 2.51. The van der Waals surface area contributed by atoms with Crippen LogP contribution in [0.2, 0.25) is 0 Å². The zero-order valence-corrected chi connectivity index (χ0v) is 15.2. The summed E-state index contributed by atoms with van der Waals surface area (Å²) in [4.78, 5) is 24.0. The van der Waals surface area contributed by atoms with E-state index in [0.29, 0.717) is 18.7 Å². The van der Waals surface area contributed by atoms with Crippen LogP contribution in [0.5, 0.6) is 0 Å². The molecule has 2 amide bonds. The van der Waals surface area contributed by atoms with Crippen LogP contribution in [0.4, 0.5) is 0 Å². The van der Waals surface area contributed by atoms with Gasteiger partial charge in [-0.15, -0.1) is 0 Å². The lowest BCUT2D eigenvalue weighted by Gasteiger charge is -2.18. The van der Waals surface area contributed by atoms with Gasteiger partial charge in [0.1, 0.15) is 6.04 Å². The maximum Gasteiger partial charge on any atom is 0.243 e. The van der Waals surface area contributed by atoms with Crippen molar-refractivity contribution in [3.05, 3.63) is 35.4 Å². The molecule has 0 aromatic heterocycles. The number of carbonyl (C=O) groups is 2. The first-order valence-electron chi connectivity index (χ1n) is 8.27. The lowest BCUT2D eigenvalue weighted by molar-refractivity contribution is -0.128. The summed E-state index contributed by atoms with van der Waals surface area (Å²) in [6, 6.07) is 7.92. The molecule has 0 spiro atoms. The predicted molar refractivity (Wildman–Crippen MR) is 97.5 cm³/mol. The Labute approximate surface area is 143 Å². The second-order valence-corrected chi connectivity index (χ2v) is 6.69. The number of carbonyl (C=O) groups excluding carboxylic acids is 2. The van der Waals surface area contributed by atoms with Gasteiger partial charge in [0.05, 0.1) is 0 Å². The number of nitrogens with one attached hydrogen (secondary N) is 2. The molecule has 4 nitrogen and oxygen atoms in total. The first kappa shape index (κ1) is 19.6. The molecule has 1 aromatic carbocycles. The van der Waals surface area contributed by atoms with Crippen molar-refractivity contribution in [1.82, 2.24) is 10.6 Å². The maximum atomic E-state index is 12.2. The molecule has 1 aromatic rings. The van der Waals surface area contributed by atoms with E-state index in [2.05, 4.69) is 41.8 Å². The van der Waals surface area contributed by atoms with Crippen LogP contribution in [-0.4, -0.2) is 30.2 Å². The molecule has 0 aliphatic rings. The number of thioether (sulfide) groups is 1. The topological polar surface area (TPSA) is 58.2 Å². The smallest absolute Gasteiger partial charge is 0.243 e. The molecule has 0 aliphatic carbocycles. The van der Waals surface area contributed by atoms with Gasteiger partial charge in [-0.2, -0.15) is 11.8 Å². The molecule has 0 bridgehead atoms. The maximum absolute atomic E-state index is 12.2. The molecule has 0 heterocycles. The first-order valence-corrected chi connectivity index (χ1v) is 9.42. The minimum absolute atomic E-state index is 0.0555.